The van der Waals surface area contributed by atoms with Gasteiger partial charge in [-0.2, -0.15) is 0 Å². The van der Waals surface area contributed by atoms with E-state index in [9.17, 15) is 4.79 Å². The number of hydrogen-bond acceptors (Lipinski definition) is 2. The van der Waals surface area contributed by atoms with Crippen LogP contribution in [0.2, 0.25) is 0 Å². The van der Waals surface area contributed by atoms with Crippen LogP contribution >= 0.6 is 0 Å². The first-order valence-corrected chi connectivity index (χ1v) is 4.89. The summed E-state index contributed by atoms with van der Waals surface area (Å²) in [6, 6.07) is 5.54. The predicted octanol–water partition coefficient (Wildman–Crippen LogP) is 1.90. The van der Waals surface area contributed by atoms with Crippen LogP contribution < -0.4 is 10.3 Å². The molecule has 0 aliphatic rings. The monoisotopic (exact) mass is 202 g/mol. The van der Waals surface area contributed by atoms with E-state index in [1.165, 1.54) is 0 Å². The first-order chi connectivity index (χ1) is 7.09. The van der Waals surface area contributed by atoms with Crippen LogP contribution in [0, 0.1) is 6.92 Å². The lowest BCUT2D eigenvalue weighted by molar-refractivity contribution is 1.13. The number of benzene rings is 1. The van der Waals surface area contributed by atoms with Crippen molar-refractivity contribution in [3.63, 3.8) is 0 Å². The molecule has 0 fully saturated rings. The molecule has 1 aromatic carbocycles. The summed E-state index contributed by atoms with van der Waals surface area (Å²) in [6.07, 6.45) is 1.69. The second kappa shape index (κ2) is 3.42. The lowest BCUT2D eigenvalue weighted by Crippen LogP contribution is -2.10. The highest BCUT2D eigenvalue weighted by atomic mass is 16.1. The summed E-state index contributed by atoms with van der Waals surface area (Å²) < 4.78 is 0. The quantitative estimate of drug-likeness (QED) is 0.766. The Bertz CT molecular complexity index is 555. The van der Waals surface area contributed by atoms with Gasteiger partial charge in [-0.05, 0) is 24.6 Å². The highest BCUT2D eigenvalue weighted by Crippen LogP contribution is 2.20. The molecule has 0 atom stereocenters. The van der Waals surface area contributed by atoms with Gasteiger partial charge in [-0.25, -0.2) is 0 Å². The van der Waals surface area contributed by atoms with Gasteiger partial charge in [0.05, 0.1) is 5.52 Å². The van der Waals surface area contributed by atoms with Crippen molar-refractivity contribution in [1.29, 1.82) is 0 Å². The number of H-pyrrole nitrogens is 1. The third-order valence-electron chi connectivity index (χ3n) is 2.56. The van der Waals surface area contributed by atoms with Gasteiger partial charge in [-0.3, -0.25) is 4.79 Å². The summed E-state index contributed by atoms with van der Waals surface area (Å²) in [5.74, 6) is 0. The minimum absolute atomic E-state index is 0.0653. The molecule has 0 saturated carbocycles. The normalized spacial score (nSPS) is 10.6. The molecule has 0 spiro atoms. The van der Waals surface area contributed by atoms with Crippen LogP contribution in [0.15, 0.2) is 29.2 Å². The average Bonchev–Trinajstić information content (AvgIpc) is 2.19. The van der Waals surface area contributed by atoms with Crippen LogP contribution in [-0.4, -0.2) is 19.1 Å². The number of aromatic amines is 1. The number of anilines is 1. The predicted molar refractivity (Wildman–Crippen MR) is 63.6 cm³/mol. The smallest absolute Gasteiger partial charge is 0.189 e. The number of aryl methyl sites for hydroxylation is 1. The van der Waals surface area contributed by atoms with E-state index in [0.717, 1.165) is 22.2 Å². The molecule has 0 bridgehead atoms. The Hall–Kier alpha value is -1.77. The Balaban J connectivity index is 2.86. The fraction of sp³-hybridized carbons (Fsp3) is 0.250. The molecule has 3 nitrogen and oxygen atoms in total. The Morgan fingerprint density at radius 2 is 2.00 bits per heavy atom. The zero-order chi connectivity index (χ0) is 11.0. The number of pyridine rings is 1. The molecule has 1 heterocycles. The second-order valence-corrected chi connectivity index (χ2v) is 3.92. The molecule has 0 aliphatic heterocycles. The van der Waals surface area contributed by atoms with Crippen molar-refractivity contribution in [3.8, 4) is 0 Å². The van der Waals surface area contributed by atoms with Gasteiger partial charge in [0, 0.05) is 37.4 Å². The lowest BCUT2D eigenvalue weighted by Gasteiger charge is -2.14. The first kappa shape index (κ1) is 9.77. The Morgan fingerprint density at radius 1 is 1.27 bits per heavy atom. The summed E-state index contributed by atoms with van der Waals surface area (Å²) >= 11 is 0. The molecule has 2 rings (SSSR count). The molecule has 1 N–H and O–H groups in total. The van der Waals surface area contributed by atoms with Crippen molar-refractivity contribution in [2.75, 3.05) is 19.0 Å². The molecule has 0 amide bonds. The Morgan fingerprint density at radius 3 is 2.67 bits per heavy atom. The molecular weight excluding hydrogens is 188 g/mol. The molecule has 78 valence electrons. The van der Waals surface area contributed by atoms with E-state index in [2.05, 4.69) is 11.1 Å². The number of aromatic nitrogens is 1. The van der Waals surface area contributed by atoms with E-state index in [0.29, 0.717) is 0 Å². The summed E-state index contributed by atoms with van der Waals surface area (Å²) in [4.78, 5) is 16.8. The van der Waals surface area contributed by atoms with Gasteiger partial charge in [0.2, 0.25) is 0 Å². The third kappa shape index (κ3) is 1.61. The highest BCUT2D eigenvalue weighted by molar-refractivity contribution is 5.85. The summed E-state index contributed by atoms with van der Waals surface area (Å²) in [7, 11) is 3.94. The Kier molecular flexibility index (Phi) is 2.23. The van der Waals surface area contributed by atoms with Crippen molar-refractivity contribution >= 4 is 16.6 Å². The molecule has 0 aliphatic carbocycles. The summed E-state index contributed by atoms with van der Waals surface area (Å²) in [5.41, 5.74) is 3.13. The largest absolute Gasteiger partial charge is 0.378 e. The fourth-order valence-electron chi connectivity index (χ4n) is 1.70. The number of fused-ring (bicyclic) bond motifs is 1. The van der Waals surface area contributed by atoms with Crippen molar-refractivity contribution in [1.82, 2.24) is 4.98 Å². The maximum atomic E-state index is 11.7. The summed E-state index contributed by atoms with van der Waals surface area (Å²) in [6.45, 7) is 2.01. The van der Waals surface area contributed by atoms with Crippen LogP contribution in [0.4, 0.5) is 5.69 Å². The van der Waals surface area contributed by atoms with E-state index in [4.69, 9.17) is 0 Å². The second-order valence-electron chi connectivity index (χ2n) is 3.92. The maximum Gasteiger partial charge on any atom is 0.189 e. The van der Waals surface area contributed by atoms with Gasteiger partial charge in [-0.1, -0.05) is 0 Å². The lowest BCUT2D eigenvalue weighted by atomic mass is 10.1. The van der Waals surface area contributed by atoms with Crippen LogP contribution in [0.25, 0.3) is 10.9 Å². The van der Waals surface area contributed by atoms with E-state index in [1.54, 1.807) is 12.3 Å². The van der Waals surface area contributed by atoms with Gasteiger partial charge in [0.15, 0.2) is 5.43 Å². The van der Waals surface area contributed by atoms with Crippen molar-refractivity contribution < 1.29 is 0 Å². The molecule has 0 saturated heterocycles. The molecule has 15 heavy (non-hydrogen) atoms. The van der Waals surface area contributed by atoms with Crippen LogP contribution in [0.5, 0.6) is 0 Å². The zero-order valence-corrected chi connectivity index (χ0v) is 9.16. The maximum absolute atomic E-state index is 11.7. The number of rotatable bonds is 1. The minimum Gasteiger partial charge on any atom is -0.378 e. The van der Waals surface area contributed by atoms with Crippen LogP contribution in [0.1, 0.15) is 5.56 Å². The highest BCUT2D eigenvalue weighted by Gasteiger charge is 2.04. The Labute approximate surface area is 88.3 Å². The third-order valence-corrected chi connectivity index (χ3v) is 2.56. The first-order valence-electron chi connectivity index (χ1n) is 4.89. The molecule has 0 unspecified atom stereocenters. The SMILES string of the molecule is Cc1cc(N(C)C)cc2c(=O)cc[nH]c12. The zero-order valence-electron chi connectivity index (χ0n) is 9.16. The van der Waals surface area contributed by atoms with Gasteiger partial charge >= 0.3 is 0 Å². The van der Waals surface area contributed by atoms with E-state index in [1.807, 2.05) is 32.0 Å². The van der Waals surface area contributed by atoms with Crippen molar-refractivity contribution in [2.24, 2.45) is 0 Å². The van der Waals surface area contributed by atoms with E-state index < -0.39 is 0 Å². The van der Waals surface area contributed by atoms with Gasteiger partial charge < -0.3 is 9.88 Å². The number of hydrogen-bond donors (Lipinski definition) is 1. The van der Waals surface area contributed by atoms with Gasteiger partial charge in [0.25, 0.3) is 0 Å². The molecular formula is C12H14N2O. The van der Waals surface area contributed by atoms with Gasteiger partial charge in [0.1, 0.15) is 0 Å². The number of nitrogens with zero attached hydrogens (tertiary/aromatic N) is 1. The number of nitrogens with one attached hydrogen (secondary N) is 1. The minimum atomic E-state index is 0.0653. The summed E-state index contributed by atoms with van der Waals surface area (Å²) in [5, 5.41) is 0.751. The fourth-order valence-corrected chi connectivity index (χ4v) is 1.70. The van der Waals surface area contributed by atoms with E-state index >= 15 is 0 Å². The van der Waals surface area contributed by atoms with Crippen molar-refractivity contribution in [2.45, 2.75) is 6.92 Å². The van der Waals surface area contributed by atoms with Crippen molar-refractivity contribution in [3.05, 3.63) is 40.2 Å². The van der Waals surface area contributed by atoms with Crippen LogP contribution in [-0.2, 0) is 0 Å². The van der Waals surface area contributed by atoms with Gasteiger partial charge in [-0.15, -0.1) is 0 Å². The average molecular weight is 202 g/mol. The molecule has 0 radical (unpaired) electrons. The standard InChI is InChI=1S/C12H14N2O/c1-8-6-9(14(2)3)7-10-11(15)4-5-13-12(8)10/h4-7H,1-3H3,(H,13,15). The molecule has 2 aromatic rings. The topological polar surface area (TPSA) is 36.1 Å². The molecule has 1 aromatic heterocycles. The molecule has 3 heteroatoms. The van der Waals surface area contributed by atoms with Crippen LogP contribution in [0.3, 0.4) is 0 Å². The van der Waals surface area contributed by atoms with E-state index in [-0.39, 0.29) is 5.43 Å².